The predicted octanol–water partition coefficient (Wildman–Crippen LogP) is 4.59. The summed E-state index contributed by atoms with van der Waals surface area (Å²) in [6, 6.07) is 11.2. The van der Waals surface area contributed by atoms with Crippen LogP contribution in [0.25, 0.3) is 0 Å². The molecule has 1 aliphatic heterocycles. The fraction of sp³-hybridized carbons (Fsp3) is 0.435. The topological polar surface area (TPSA) is 63.7 Å². The smallest absolute Gasteiger partial charge is 0.263 e. The van der Waals surface area contributed by atoms with E-state index in [2.05, 4.69) is 13.8 Å². The molecule has 0 spiro atoms. The number of nitrogens with zero attached hydrogens (tertiary/aromatic N) is 1. The average Bonchev–Trinajstić information content (AvgIpc) is 3.07. The van der Waals surface area contributed by atoms with E-state index in [1.165, 1.54) is 17.0 Å². The standard InChI is InChI=1S/C23H27ClFNO4S/c1-15(2)17-7-9-19(10-8-17)30-16(3)23(27)26(18-11-12-31(28,29)14-18)13-20-21(24)5-4-6-22(20)25/h4-10,15-16,18H,11-14H2,1-3H3. The summed E-state index contributed by atoms with van der Waals surface area (Å²) in [4.78, 5) is 14.7. The molecule has 2 aromatic carbocycles. The van der Waals surface area contributed by atoms with Crippen LogP contribution < -0.4 is 4.74 Å². The third-order valence-electron chi connectivity index (χ3n) is 5.53. The van der Waals surface area contributed by atoms with Gasteiger partial charge in [0.1, 0.15) is 11.6 Å². The maximum absolute atomic E-state index is 14.4. The molecule has 8 heteroatoms. The predicted molar refractivity (Wildman–Crippen MR) is 120 cm³/mol. The Kier molecular flexibility index (Phi) is 7.27. The zero-order chi connectivity index (χ0) is 22.8. The van der Waals surface area contributed by atoms with Gasteiger partial charge in [-0.15, -0.1) is 0 Å². The van der Waals surface area contributed by atoms with Crippen molar-refractivity contribution in [2.45, 2.75) is 51.8 Å². The number of amides is 1. The van der Waals surface area contributed by atoms with Crippen molar-refractivity contribution >= 4 is 27.3 Å². The Labute approximate surface area is 188 Å². The van der Waals surface area contributed by atoms with Crippen LogP contribution in [0.15, 0.2) is 42.5 Å². The zero-order valence-electron chi connectivity index (χ0n) is 17.8. The van der Waals surface area contributed by atoms with Crippen molar-refractivity contribution in [2.75, 3.05) is 11.5 Å². The van der Waals surface area contributed by atoms with Crippen molar-refractivity contribution in [3.63, 3.8) is 0 Å². The van der Waals surface area contributed by atoms with Crippen LogP contribution in [0, 0.1) is 5.82 Å². The Morgan fingerprint density at radius 2 is 1.87 bits per heavy atom. The van der Waals surface area contributed by atoms with Crippen LogP contribution in [0.3, 0.4) is 0 Å². The maximum Gasteiger partial charge on any atom is 0.263 e. The number of halogens is 2. The first-order chi connectivity index (χ1) is 14.6. The molecule has 5 nitrogen and oxygen atoms in total. The number of carbonyl (C=O) groups excluding carboxylic acids is 1. The molecule has 1 amide bonds. The average molecular weight is 468 g/mol. The van der Waals surface area contributed by atoms with Gasteiger partial charge in [-0.2, -0.15) is 0 Å². The highest BCUT2D eigenvalue weighted by molar-refractivity contribution is 7.91. The van der Waals surface area contributed by atoms with Gasteiger partial charge in [-0.25, -0.2) is 12.8 Å². The van der Waals surface area contributed by atoms with Gasteiger partial charge in [0.25, 0.3) is 5.91 Å². The largest absolute Gasteiger partial charge is 0.481 e. The molecule has 2 atom stereocenters. The molecule has 0 bridgehead atoms. The van der Waals surface area contributed by atoms with Crippen molar-refractivity contribution < 1.29 is 22.3 Å². The fourth-order valence-electron chi connectivity index (χ4n) is 3.68. The minimum Gasteiger partial charge on any atom is -0.481 e. The van der Waals surface area contributed by atoms with Gasteiger partial charge in [0.15, 0.2) is 15.9 Å². The molecule has 1 heterocycles. The molecule has 2 unspecified atom stereocenters. The second kappa shape index (κ2) is 9.57. The Morgan fingerprint density at radius 3 is 2.42 bits per heavy atom. The molecule has 31 heavy (non-hydrogen) atoms. The maximum atomic E-state index is 14.4. The van der Waals surface area contributed by atoms with E-state index >= 15 is 0 Å². The molecule has 0 radical (unpaired) electrons. The first-order valence-electron chi connectivity index (χ1n) is 10.3. The van der Waals surface area contributed by atoms with Crippen molar-refractivity contribution in [3.05, 3.63) is 64.4 Å². The van der Waals surface area contributed by atoms with Gasteiger partial charge in [-0.3, -0.25) is 4.79 Å². The van der Waals surface area contributed by atoms with Gasteiger partial charge in [0.05, 0.1) is 18.1 Å². The Bertz CT molecular complexity index is 1020. The molecule has 1 fully saturated rings. The van der Waals surface area contributed by atoms with Crippen LogP contribution >= 0.6 is 11.6 Å². The van der Waals surface area contributed by atoms with Gasteiger partial charge in [0, 0.05) is 16.6 Å². The summed E-state index contributed by atoms with van der Waals surface area (Å²) in [7, 11) is -3.25. The minimum absolute atomic E-state index is 0.00163. The highest BCUT2D eigenvalue weighted by Crippen LogP contribution is 2.27. The van der Waals surface area contributed by atoms with E-state index in [0.29, 0.717) is 18.1 Å². The third-order valence-corrected chi connectivity index (χ3v) is 7.63. The Morgan fingerprint density at radius 1 is 1.19 bits per heavy atom. The minimum atomic E-state index is -3.25. The highest BCUT2D eigenvalue weighted by atomic mass is 35.5. The molecular weight excluding hydrogens is 441 g/mol. The summed E-state index contributed by atoms with van der Waals surface area (Å²) in [6.45, 7) is 5.66. The zero-order valence-corrected chi connectivity index (χ0v) is 19.4. The second-order valence-electron chi connectivity index (χ2n) is 8.21. The molecule has 0 saturated carbocycles. The molecule has 1 saturated heterocycles. The normalized spacial score (nSPS) is 18.7. The summed E-state index contributed by atoms with van der Waals surface area (Å²) in [5.74, 6) is -0.191. The van der Waals surface area contributed by atoms with E-state index in [1.54, 1.807) is 25.1 Å². The number of rotatable bonds is 7. The second-order valence-corrected chi connectivity index (χ2v) is 10.8. The molecule has 0 aromatic heterocycles. The van der Waals surface area contributed by atoms with E-state index in [-0.39, 0.29) is 28.6 Å². The van der Waals surface area contributed by atoms with Gasteiger partial charge in [0.2, 0.25) is 0 Å². The van der Waals surface area contributed by atoms with Crippen LogP contribution in [0.4, 0.5) is 4.39 Å². The lowest BCUT2D eigenvalue weighted by Crippen LogP contribution is -2.46. The van der Waals surface area contributed by atoms with Crippen molar-refractivity contribution in [1.29, 1.82) is 0 Å². The van der Waals surface area contributed by atoms with E-state index < -0.39 is 33.7 Å². The van der Waals surface area contributed by atoms with Crippen LogP contribution in [-0.4, -0.2) is 42.9 Å². The van der Waals surface area contributed by atoms with Gasteiger partial charge in [-0.1, -0.05) is 43.6 Å². The third kappa shape index (κ3) is 5.77. The summed E-state index contributed by atoms with van der Waals surface area (Å²) in [6.07, 6.45) is -0.575. The molecule has 2 aromatic rings. The van der Waals surface area contributed by atoms with Gasteiger partial charge >= 0.3 is 0 Å². The van der Waals surface area contributed by atoms with Crippen molar-refractivity contribution in [1.82, 2.24) is 4.90 Å². The summed E-state index contributed by atoms with van der Waals surface area (Å²) < 4.78 is 44.3. The summed E-state index contributed by atoms with van der Waals surface area (Å²) in [5.41, 5.74) is 1.31. The number of benzene rings is 2. The summed E-state index contributed by atoms with van der Waals surface area (Å²) >= 11 is 6.16. The first kappa shape index (κ1) is 23.5. The first-order valence-corrected chi connectivity index (χ1v) is 12.5. The number of ether oxygens (including phenoxy) is 1. The lowest BCUT2D eigenvalue weighted by atomic mass is 10.0. The lowest BCUT2D eigenvalue weighted by molar-refractivity contribution is -0.140. The van der Waals surface area contributed by atoms with Gasteiger partial charge in [-0.05, 0) is 49.1 Å². The molecule has 0 N–H and O–H groups in total. The van der Waals surface area contributed by atoms with E-state index in [1.807, 2.05) is 12.1 Å². The highest BCUT2D eigenvalue weighted by Gasteiger charge is 2.37. The van der Waals surface area contributed by atoms with Gasteiger partial charge < -0.3 is 9.64 Å². The fourth-order valence-corrected chi connectivity index (χ4v) is 5.63. The Balaban J connectivity index is 1.82. The molecule has 1 aliphatic rings. The molecular formula is C23H27ClFNO4S. The van der Waals surface area contributed by atoms with Crippen LogP contribution in [0.1, 0.15) is 44.2 Å². The number of sulfone groups is 1. The van der Waals surface area contributed by atoms with Crippen molar-refractivity contribution in [2.24, 2.45) is 0 Å². The van der Waals surface area contributed by atoms with Crippen LogP contribution in [-0.2, 0) is 21.2 Å². The van der Waals surface area contributed by atoms with E-state index in [9.17, 15) is 17.6 Å². The molecule has 3 rings (SSSR count). The number of carbonyl (C=O) groups is 1. The van der Waals surface area contributed by atoms with Crippen LogP contribution in [0.5, 0.6) is 5.75 Å². The van der Waals surface area contributed by atoms with Crippen molar-refractivity contribution in [3.8, 4) is 5.75 Å². The summed E-state index contributed by atoms with van der Waals surface area (Å²) in [5, 5.41) is 0.191. The Hall–Kier alpha value is -2.12. The van der Waals surface area contributed by atoms with Crippen LogP contribution in [0.2, 0.25) is 5.02 Å². The number of hydrogen-bond donors (Lipinski definition) is 0. The van der Waals surface area contributed by atoms with E-state index in [4.69, 9.17) is 16.3 Å². The lowest BCUT2D eigenvalue weighted by Gasteiger charge is -2.31. The quantitative estimate of drug-likeness (QED) is 0.597. The SMILES string of the molecule is CC(Oc1ccc(C(C)C)cc1)C(=O)N(Cc1c(F)cccc1Cl)C1CCS(=O)(=O)C1. The molecule has 168 valence electrons. The number of hydrogen-bond acceptors (Lipinski definition) is 4. The molecule has 0 aliphatic carbocycles. The monoisotopic (exact) mass is 467 g/mol. The van der Waals surface area contributed by atoms with E-state index in [0.717, 1.165) is 5.56 Å².